The maximum atomic E-state index is 2.24. The van der Waals surface area contributed by atoms with Crippen molar-refractivity contribution in [2.45, 2.75) is 20.8 Å². The Hall–Kier alpha value is -2.34. The number of aryl methyl sites for hydroxylation is 2. The van der Waals surface area contributed by atoms with Crippen molar-refractivity contribution < 1.29 is 0 Å². The van der Waals surface area contributed by atoms with Crippen molar-refractivity contribution in [1.82, 2.24) is 0 Å². The van der Waals surface area contributed by atoms with Gasteiger partial charge in [-0.1, -0.05) is 66.7 Å². The summed E-state index contributed by atoms with van der Waals surface area (Å²) in [5.41, 5.74) is 9.33. The zero-order chi connectivity index (χ0) is 14.8. The van der Waals surface area contributed by atoms with Crippen molar-refractivity contribution in [1.29, 1.82) is 0 Å². The topological polar surface area (TPSA) is 0 Å². The minimum Gasteiger partial charge on any atom is -0.0622 e. The monoisotopic (exact) mass is 272 g/mol. The molecule has 104 valence electrons. The lowest BCUT2D eigenvalue weighted by molar-refractivity contribution is 1.35. The van der Waals surface area contributed by atoms with Gasteiger partial charge < -0.3 is 0 Å². The van der Waals surface area contributed by atoms with E-state index in [0.29, 0.717) is 0 Å². The molecule has 0 aromatic heterocycles. The van der Waals surface area contributed by atoms with Gasteiger partial charge in [0.25, 0.3) is 0 Å². The molecule has 0 aliphatic rings. The minimum absolute atomic E-state index is 1.28. The summed E-state index contributed by atoms with van der Waals surface area (Å²) in [7, 11) is 0. The Morgan fingerprint density at radius 1 is 0.524 bits per heavy atom. The summed E-state index contributed by atoms with van der Waals surface area (Å²) in [6, 6.07) is 23.7. The van der Waals surface area contributed by atoms with Crippen LogP contribution in [0.5, 0.6) is 0 Å². The van der Waals surface area contributed by atoms with E-state index in [0.717, 1.165) is 0 Å². The summed E-state index contributed by atoms with van der Waals surface area (Å²) in [6.07, 6.45) is 0. The number of hydrogen-bond acceptors (Lipinski definition) is 0. The third-order valence-electron chi connectivity index (χ3n) is 4.17. The molecule has 0 nitrogen and oxygen atoms in total. The molecule has 0 radical (unpaired) electrons. The largest absolute Gasteiger partial charge is 0.0622 e. The Labute approximate surface area is 127 Å². The van der Waals surface area contributed by atoms with E-state index in [4.69, 9.17) is 0 Å². The Bertz CT molecular complexity index is 767. The molecule has 0 amide bonds. The first-order valence-electron chi connectivity index (χ1n) is 7.40. The molecular formula is C21H20. The first-order valence-corrected chi connectivity index (χ1v) is 7.40. The standard InChI is InChI=1S/C21H20/c1-15-9-7-8-12-19(15)21-16(2)13-14-20(17(21)3)18-10-5-4-6-11-18/h4-14H,1-3H3. The van der Waals surface area contributed by atoms with E-state index >= 15 is 0 Å². The van der Waals surface area contributed by atoms with Gasteiger partial charge in [0.1, 0.15) is 0 Å². The van der Waals surface area contributed by atoms with Gasteiger partial charge in [0.2, 0.25) is 0 Å². The molecule has 0 saturated carbocycles. The summed E-state index contributed by atoms with van der Waals surface area (Å²) < 4.78 is 0. The van der Waals surface area contributed by atoms with E-state index in [-0.39, 0.29) is 0 Å². The molecule has 0 spiro atoms. The summed E-state index contributed by atoms with van der Waals surface area (Å²) >= 11 is 0. The molecule has 0 atom stereocenters. The van der Waals surface area contributed by atoms with Crippen LogP contribution in [-0.2, 0) is 0 Å². The predicted molar refractivity (Wildman–Crippen MR) is 91.5 cm³/mol. The maximum Gasteiger partial charge on any atom is -0.0117 e. The van der Waals surface area contributed by atoms with Crippen LogP contribution < -0.4 is 0 Å². The van der Waals surface area contributed by atoms with Crippen molar-refractivity contribution in [3.8, 4) is 22.3 Å². The van der Waals surface area contributed by atoms with Crippen LogP contribution in [-0.4, -0.2) is 0 Å². The van der Waals surface area contributed by atoms with Gasteiger partial charge in [-0.2, -0.15) is 0 Å². The lowest BCUT2D eigenvalue weighted by Crippen LogP contribution is -1.94. The van der Waals surface area contributed by atoms with Crippen molar-refractivity contribution in [2.75, 3.05) is 0 Å². The van der Waals surface area contributed by atoms with Crippen LogP contribution in [0, 0.1) is 20.8 Å². The zero-order valence-corrected chi connectivity index (χ0v) is 12.9. The number of benzene rings is 3. The second-order valence-electron chi connectivity index (χ2n) is 5.61. The summed E-state index contributed by atoms with van der Waals surface area (Å²) in [4.78, 5) is 0. The van der Waals surface area contributed by atoms with Crippen LogP contribution in [0.1, 0.15) is 16.7 Å². The van der Waals surface area contributed by atoms with E-state index in [1.165, 1.54) is 38.9 Å². The average molecular weight is 272 g/mol. The highest BCUT2D eigenvalue weighted by Crippen LogP contribution is 2.35. The molecule has 0 heteroatoms. The van der Waals surface area contributed by atoms with Crippen LogP contribution in [0.4, 0.5) is 0 Å². The fourth-order valence-corrected chi connectivity index (χ4v) is 3.05. The van der Waals surface area contributed by atoms with Gasteiger partial charge in [0.05, 0.1) is 0 Å². The lowest BCUT2D eigenvalue weighted by atomic mass is 9.88. The summed E-state index contributed by atoms with van der Waals surface area (Å²) in [5.74, 6) is 0. The SMILES string of the molecule is Cc1ccccc1-c1c(C)ccc(-c2ccccc2)c1C. The third-order valence-corrected chi connectivity index (χ3v) is 4.17. The van der Waals surface area contributed by atoms with E-state index in [2.05, 4.69) is 87.5 Å². The van der Waals surface area contributed by atoms with Gasteiger partial charge in [0, 0.05) is 0 Å². The van der Waals surface area contributed by atoms with Gasteiger partial charge in [-0.05, 0) is 59.7 Å². The molecule has 0 aliphatic carbocycles. The third kappa shape index (κ3) is 2.50. The fraction of sp³-hybridized carbons (Fsp3) is 0.143. The minimum atomic E-state index is 1.28. The average Bonchev–Trinajstić information content (AvgIpc) is 2.50. The summed E-state index contributed by atoms with van der Waals surface area (Å²) in [5, 5.41) is 0. The highest BCUT2D eigenvalue weighted by atomic mass is 14.2. The quantitative estimate of drug-likeness (QED) is 0.541. The molecule has 0 N–H and O–H groups in total. The van der Waals surface area contributed by atoms with Gasteiger partial charge in [-0.3, -0.25) is 0 Å². The predicted octanol–water partition coefficient (Wildman–Crippen LogP) is 5.95. The molecular weight excluding hydrogens is 252 g/mol. The van der Waals surface area contributed by atoms with Gasteiger partial charge >= 0.3 is 0 Å². The highest BCUT2D eigenvalue weighted by Gasteiger charge is 2.12. The molecule has 3 aromatic carbocycles. The van der Waals surface area contributed by atoms with Gasteiger partial charge in [-0.25, -0.2) is 0 Å². The molecule has 0 unspecified atom stereocenters. The number of hydrogen-bond donors (Lipinski definition) is 0. The molecule has 0 saturated heterocycles. The molecule has 21 heavy (non-hydrogen) atoms. The fourth-order valence-electron chi connectivity index (χ4n) is 3.05. The Morgan fingerprint density at radius 3 is 1.90 bits per heavy atom. The smallest absolute Gasteiger partial charge is 0.0117 e. The first-order chi connectivity index (χ1) is 10.2. The van der Waals surface area contributed by atoms with Crippen LogP contribution >= 0.6 is 0 Å². The normalized spacial score (nSPS) is 10.6. The first kappa shape index (κ1) is 13.6. The van der Waals surface area contributed by atoms with Crippen LogP contribution in [0.15, 0.2) is 66.7 Å². The molecule has 0 aliphatic heterocycles. The Balaban J connectivity index is 2.25. The van der Waals surface area contributed by atoms with E-state index in [1.807, 2.05) is 0 Å². The molecule has 0 heterocycles. The molecule has 0 bridgehead atoms. The van der Waals surface area contributed by atoms with Crippen molar-refractivity contribution in [3.63, 3.8) is 0 Å². The second-order valence-corrected chi connectivity index (χ2v) is 5.61. The van der Waals surface area contributed by atoms with Crippen LogP contribution in [0.3, 0.4) is 0 Å². The Morgan fingerprint density at radius 2 is 1.19 bits per heavy atom. The molecule has 3 aromatic rings. The van der Waals surface area contributed by atoms with Crippen molar-refractivity contribution >= 4 is 0 Å². The zero-order valence-electron chi connectivity index (χ0n) is 12.9. The second kappa shape index (κ2) is 5.57. The van der Waals surface area contributed by atoms with Crippen molar-refractivity contribution in [3.05, 3.63) is 83.4 Å². The van der Waals surface area contributed by atoms with E-state index < -0.39 is 0 Å². The molecule has 3 rings (SSSR count). The lowest BCUT2D eigenvalue weighted by Gasteiger charge is -2.16. The van der Waals surface area contributed by atoms with Gasteiger partial charge in [0.15, 0.2) is 0 Å². The van der Waals surface area contributed by atoms with Gasteiger partial charge in [-0.15, -0.1) is 0 Å². The number of rotatable bonds is 2. The van der Waals surface area contributed by atoms with E-state index in [9.17, 15) is 0 Å². The van der Waals surface area contributed by atoms with Crippen LogP contribution in [0.2, 0.25) is 0 Å². The highest BCUT2D eigenvalue weighted by molar-refractivity contribution is 5.81. The maximum absolute atomic E-state index is 2.24. The van der Waals surface area contributed by atoms with Crippen LogP contribution in [0.25, 0.3) is 22.3 Å². The summed E-state index contributed by atoms with van der Waals surface area (Å²) in [6.45, 7) is 6.62. The van der Waals surface area contributed by atoms with Crippen molar-refractivity contribution in [2.24, 2.45) is 0 Å². The molecule has 0 fully saturated rings. The van der Waals surface area contributed by atoms with E-state index in [1.54, 1.807) is 0 Å². The Kier molecular flexibility index (Phi) is 3.62.